The number of nitro groups is 1. The minimum atomic E-state index is -4.52. The molecule has 0 atom stereocenters. The molecule has 1 rings (SSSR count). The van der Waals surface area contributed by atoms with E-state index in [1.165, 1.54) is 0 Å². The van der Waals surface area contributed by atoms with Gasteiger partial charge in [-0.05, 0) is 17.8 Å². The normalized spacial score (nSPS) is 11.6. The Kier molecular flexibility index (Phi) is 3.92. The van der Waals surface area contributed by atoms with Crippen molar-refractivity contribution in [3.05, 3.63) is 32.3 Å². The van der Waals surface area contributed by atoms with Crippen LogP contribution >= 0.6 is 35.0 Å². The highest BCUT2D eigenvalue weighted by atomic mass is 35.5. The van der Waals surface area contributed by atoms with Gasteiger partial charge in [0.05, 0.1) is 9.95 Å². The van der Waals surface area contributed by atoms with E-state index in [-0.39, 0.29) is 4.90 Å². The minimum absolute atomic E-state index is 0.371. The molecule has 88 valence electrons. The van der Waals surface area contributed by atoms with E-state index in [0.717, 1.165) is 12.1 Å². The molecule has 0 heterocycles. The number of nitrogens with zero attached hydrogens (tertiary/aromatic N) is 1. The zero-order chi connectivity index (χ0) is 12.5. The summed E-state index contributed by atoms with van der Waals surface area (Å²) < 4.78 is 36.1. The predicted octanol–water partition coefficient (Wildman–Crippen LogP) is 4.51. The molecular formula is C7H2Cl2F3NO2S. The highest BCUT2D eigenvalue weighted by molar-refractivity contribution is 8.00. The Morgan fingerprint density at radius 1 is 1.25 bits per heavy atom. The lowest BCUT2D eigenvalue weighted by Crippen LogP contribution is -2.00. The van der Waals surface area contributed by atoms with Gasteiger partial charge in [-0.1, -0.05) is 23.2 Å². The molecule has 0 aliphatic heterocycles. The van der Waals surface area contributed by atoms with Crippen molar-refractivity contribution in [1.29, 1.82) is 0 Å². The molecule has 0 fully saturated rings. The largest absolute Gasteiger partial charge is 0.446 e. The van der Waals surface area contributed by atoms with Gasteiger partial charge in [0, 0.05) is 11.0 Å². The fraction of sp³-hybridized carbons (Fsp3) is 0.143. The van der Waals surface area contributed by atoms with Crippen molar-refractivity contribution in [2.75, 3.05) is 0 Å². The molecule has 0 aromatic heterocycles. The first-order chi connectivity index (χ1) is 7.22. The van der Waals surface area contributed by atoms with Crippen LogP contribution in [0.15, 0.2) is 17.0 Å². The van der Waals surface area contributed by atoms with Crippen LogP contribution in [0.2, 0.25) is 10.0 Å². The predicted molar refractivity (Wildman–Crippen MR) is 55.0 cm³/mol. The zero-order valence-corrected chi connectivity index (χ0v) is 9.54. The highest BCUT2D eigenvalue weighted by Crippen LogP contribution is 2.44. The van der Waals surface area contributed by atoms with Gasteiger partial charge >= 0.3 is 5.51 Å². The molecule has 0 N–H and O–H groups in total. The van der Waals surface area contributed by atoms with E-state index < -0.39 is 37.9 Å². The highest BCUT2D eigenvalue weighted by Gasteiger charge is 2.32. The van der Waals surface area contributed by atoms with Gasteiger partial charge in [0.2, 0.25) is 0 Å². The Hall–Kier alpha value is -0.660. The second-order valence-corrected chi connectivity index (χ2v) is 4.38. The third-order valence-corrected chi connectivity index (χ3v) is 3.22. The lowest BCUT2D eigenvalue weighted by molar-refractivity contribution is -0.384. The summed E-state index contributed by atoms with van der Waals surface area (Å²) >= 11 is 10.5. The first kappa shape index (κ1) is 13.4. The van der Waals surface area contributed by atoms with Gasteiger partial charge in [0.1, 0.15) is 5.02 Å². The molecule has 16 heavy (non-hydrogen) atoms. The molecule has 0 unspecified atom stereocenters. The molecule has 0 amide bonds. The van der Waals surface area contributed by atoms with Gasteiger partial charge in [0.15, 0.2) is 0 Å². The number of benzene rings is 1. The van der Waals surface area contributed by atoms with E-state index in [4.69, 9.17) is 23.2 Å². The second kappa shape index (κ2) is 4.68. The van der Waals surface area contributed by atoms with Gasteiger partial charge < -0.3 is 0 Å². The fourth-order valence-electron chi connectivity index (χ4n) is 0.866. The fourth-order valence-corrected chi connectivity index (χ4v) is 2.01. The second-order valence-electron chi connectivity index (χ2n) is 2.52. The Balaban J connectivity index is 3.17. The Labute approximate surface area is 102 Å². The molecule has 0 bridgehead atoms. The van der Waals surface area contributed by atoms with Gasteiger partial charge in [-0.2, -0.15) is 13.2 Å². The van der Waals surface area contributed by atoms with Crippen LogP contribution in [0.4, 0.5) is 18.9 Å². The third kappa shape index (κ3) is 3.16. The summed E-state index contributed by atoms with van der Waals surface area (Å²) in [6.07, 6.45) is 0. The molecule has 0 aliphatic carbocycles. The number of nitro benzene ring substituents is 1. The molecule has 0 spiro atoms. The van der Waals surface area contributed by atoms with Crippen LogP contribution in [0.3, 0.4) is 0 Å². The van der Waals surface area contributed by atoms with Crippen molar-refractivity contribution in [1.82, 2.24) is 0 Å². The number of thioether (sulfide) groups is 1. The van der Waals surface area contributed by atoms with E-state index >= 15 is 0 Å². The Morgan fingerprint density at radius 3 is 2.25 bits per heavy atom. The molecule has 3 nitrogen and oxygen atoms in total. The average molecular weight is 292 g/mol. The number of rotatable bonds is 2. The molecule has 0 radical (unpaired) electrons. The third-order valence-electron chi connectivity index (χ3n) is 1.45. The molecular weight excluding hydrogens is 290 g/mol. The van der Waals surface area contributed by atoms with Crippen LogP contribution in [0.1, 0.15) is 0 Å². The number of halogens is 5. The molecule has 0 saturated heterocycles. The van der Waals surface area contributed by atoms with E-state index in [1.54, 1.807) is 0 Å². The van der Waals surface area contributed by atoms with Gasteiger partial charge in [-0.25, -0.2) is 0 Å². The average Bonchev–Trinajstić information content (AvgIpc) is 2.10. The van der Waals surface area contributed by atoms with Crippen molar-refractivity contribution in [2.24, 2.45) is 0 Å². The first-order valence-corrected chi connectivity index (χ1v) is 5.18. The van der Waals surface area contributed by atoms with Gasteiger partial charge in [-0.3, -0.25) is 10.1 Å². The van der Waals surface area contributed by atoms with Crippen molar-refractivity contribution >= 4 is 40.7 Å². The standard InChI is InChI=1S/C7H2Cl2F3NO2S/c8-5-3(13(14)15)1-2-4(6(5)9)16-7(10,11)12/h1-2H. The molecule has 0 aliphatic rings. The summed E-state index contributed by atoms with van der Waals surface area (Å²) in [4.78, 5) is 9.21. The summed E-state index contributed by atoms with van der Waals surface area (Å²) in [5, 5.41) is 9.43. The van der Waals surface area contributed by atoms with E-state index in [0.29, 0.717) is 0 Å². The first-order valence-electron chi connectivity index (χ1n) is 3.60. The van der Waals surface area contributed by atoms with Crippen LogP contribution in [-0.2, 0) is 0 Å². The quantitative estimate of drug-likeness (QED) is 0.457. The summed E-state index contributed by atoms with van der Waals surface area (Å²) in [6, 6.07) is 1.78. The van der Waals surface area contributed by atoms with Crippen LogP contribution < -0.4 is 0 Å². The van der Waals surface area contributed by atoms with Crippen LogP contribution in [0.5, 0.6) is 0 Å². The summed E-state index contributed by atoms with van der Waals surface area (Å²) in [5.41, 5.74) is -5.05. The van der Waals surface area contributed by atoms with Crippen LogP contribution in [-0.4, -0.2) is 10.4 Å². The van der Waals surface area contributed by atoms with Crippen LogP contribution in [0, 0.1) is 10.1 Å². The summed E-state index contributed by atoms with van der Waals surface area (Å²) in [5.74, 6) is 0. The van der Waals surface area contributed by atoms with E-state index in [2.05, 4.69) is 0 Å². The Morgan fingerprint density at radius 2 is 1.81 bits per heavy atom. The lowest BCUT2D eigenvalue weighted by Gasteiger charge is -2.08. The maximum Gasteiger partial charge on any atom is 0.446 e. The van der Waals surface area contributed by atoms with Crippen molar-refractivity contribution in [3.63, 3.8) is 0 Å². The number of hydrogen-bond donors (Lipinski definition) is 0. The molecule has 0 saturated carbocycles. The van der Waals surface area contributed by atoms with Crippen molar-refractivity contribution in [3.8, 4) is 0 Å². The van der Waals surface area contributed by atoms with Crippen molar-refractivity contribution < 1.29 is 18.1 Å². The number of hydrogen-bond acceptors (Lipinski definition) is 3. The van der Waals surface area contributed by atoms with Gasteiger partial charge in [-0.15, -0.1) is 0 Å². The lowest BCUT2D eigenvalue weighted by atomic mass is 10.3. The SMILES string of the molecule is O=[N+]([O-])c1ccc(SC(F)(F)F)c(Cl)c1Cl. The monoisotopic (exact) mass is 291 g/mol. The van der Waals surface area contributed by atoms with Gasteiger partial charge in [0.25, 0.3) is 5.69 Å². The summed E-state index contributed by atoms with van der Waals surface area (Å²) in [7, 11) is 0. The maximum absolute atomic E-state index is 12.0. The van der Waals surface area contributed by atoms with Crippen molar-refractivity contribution in [2.45, 2.75) is 10.4 Å². The molecule has 1 aromatic rings. The van der Waals surface area contributed by atoms with E-state index in [9.17, 15) is 23.3 Å². The molecule has 9 heteroatoms. The van der Waals surface area contributed by atoms with Crippen LogP contribution in [0.25, 0.3) is 0 Å². The number of alkyl halides is 3. The van der Waals surface area contributed by atoms with E-state index in [1.807, 2.05) is 0 Å². The topological polar surface area (TPSA) is 43.1 Å². The minimum Gasteiger partial charge on any atom is -0.258 e. The maximum atomic E-state index is 12.0. The smallest absolute Gasteiger partial charge is 0.258 e. The Bertz CT molecular complexity index is 438. The molecule has 1 aromatic carbocycles. The zero-order valence-electron chi connectivity index (χ0n) is 7.22. The summed E-state index contributed by atoms with van der Waals surface area (Å²) in [6.45, 7) is 0.